The summed E-state index contributed by atoms with van der Waals surface area (Å²) in [7, 11) is 0. The normalized spacial score (nSPS) is 26.9. The van der Waals surface area contributed by atoms with Gasteiger partial charge in [-0.15, -0.1) is 0 Å². The third-order valence-corrected chi connectivity index (χ3v) is 7.24. The van der Waals surface area contributed by atoms with Crippen molar-refractivity contribution in [1.29, 1.82) is 0 Å². The second kappa shape index (κ2) is 7.36. The number of amides is 1. The molecular weight excluding hydrogens is 270 g/mol. The Balaban J connectivity index is 1.94. The van der Waals surface area contributed by atoms with E-state index < -0.39 is 0 Å². The highest BCUT2D eigenvalue weighted by molar-refractivity contribution is 5.81. The van der Waals surface area contributed by atoms with Gasteiger partial charge in [0.1, 0.15) is 0 Å². The molecule has 0 aliphatic heterocycles. The van der Waals surface area contributed by atoms with Crippen molar-refractivity contribution in [2.45, 2.75) is 96.3 Å². The molecule has 0 atom stereocenters. The van der Waals surface area contributed by atoms with E-state index in [2.05, 4.69) is 0 Å². The van der Waals surface area contributed by atoms with Gasteiger partial charge in [0.2, 0.25) is 5.91 Å². The van der Waals surface area contributed by atoms with Crippen molar-refractivity contribution in [3.63, 3.8) is 0 Å². The van der Waals surface area contributed by atoms with Crippen LogP contribution in [0.2, 0.25) is 0 Å². The Kier molecular flexibility index (Phi) is 5.46. The smallest absolute Gasteiger partial charge is 0.245 e. The van der Waals surface area contributed by atoms with Crippen molar-refractivity contribution in [1.82, 2.24) is 5.73 Å². The minimum absolute atomic E-state index is 0.168. The number of rotatable bonds is 4. The average molecular weight is 304 g/mol. The Morgan fingerprint density at radius 2 is 0.864 bits per heavy atom. The molecule has 0 aromatic carbocycles. The maximum absolute atomic E-state index is 12.8. The van der Waals surface area contributed by atoms with Crippen molar-refractivity contribution in [3.05, 3.63) is 0 Å². The maximum Gasteiger partial charge on any atom is 0.245 e. The molecule has 2 nitrogen and oxygen atoms in total. The first-order chi connectivity index (χ1) is 10.8. The second-order valence-corrected chi connectivity index (χ2v) is 8.27. The van der Waals surface area contributed by atoms with Gasteiger partial charge in [-0.1, -0.05) is 57.8 Å². The van der Waals surface area contributed by atoms with Gasteiger partial charge in [-0.05, 0) is 56.3 Å². The molecule has 3 saturated carbocycles. The molecule has 0 unspecified atom stereocenters. The van der Waals surface area contributed by atoms with E-state index in [1.165, 1.54) is 96.3 Å². The van der Waals surface area contributed by atoms with E-state index in [1.54, 1.807) is 0 Å². The van der Waals surface area contributed by atoms with E-state index in [9.17, 15) is 4.79 Å². The van der Waals surface area contributed by atoms with E-state index >= 15 is 0 Å². The predicted octanol–water partition coefficient (Wildman–Crippen LogP) is 5.52. The summed E-state index contributed by atoms with van der Waals surface area (Å²) in [5.41, 5.74) is 8.09. The molecule has 0 spiro atoms. The Morgan fingerprint density at radius 1 is 0.591 bits per heavy atom. The van der Waals surface area contributed by atoms with Crippen LogP contribution in [-0.2, 0) is 4.79 Å². The molecule has 3 aliphatic carbocycles. The monoisotopic (exact) mass is 304 g/mol. The van der Waals surface area contributed by atoms with Crippen molar-refractivity contribution in [2.24, 2.45) is 23.2 Å². The Hall–Kier alpha value is -0.530. The summed E-state index contributed by atoms with van der Waals surface area (Å²) in [5.74, 6) is 1.41. The van der Waals surface area contributed by atoms with Gasteiger partial charge in [-0.3, -0.25) is 10.5 Å². The largest absolute Gasteiger partial charge is 0.273 e. The summed E-state index contributed by atoms with van der Waals surface area (Å²) in [5, 5.41) is 0. The molecule has 22 heavy (non-hydrogen) atoms. The zero-order chi connectivity index (χ0) is 15.4. The van der Waals surface area contributed by atoms with Crippen LogP contribution in [0.5, 0.6) is 0 Å². The van der Waals surface area contributed by atoms with Crippen molar-refractivity contribution >= 4 is 5.91 Å². The van der Waals surface area contributed by atoms with Crippen molar-refractivity contribution in [2.75, 3.05) is 0 Å². The minimum atomic E-state index is -0.263. The highest BCUT2D eigenvalue weighted by Gasteiger charge is 2.55. The lowest BCUT2D eigenvalue weighted by atomic mass is 9.51. The zero-order valence-corrected chi connectivity index (χ0v) is 14.2. The number of hydrogen-bond acceptors (Lipinski definition) is 1. The Labute approximate surface area is 136 Å². The van der Waals surface area contributed by atoms with Crippen LogP contribution in [0.25, 0.3) is 0 Å². The molecule has 0 heterocycles. The molecule has 3 fully saturated rings. The van der Waals surface area contributed by atoms with Crippen LogP contribution < -0.4 is 5.73 Å². The van der Waals surface area contributed by atoms with E-state index in [1.807, 2.05) is 0 Å². The van der Waals surface area contributed by atoms with Gasteiger partial charge in [-0.2, -0.15) is 0 Å². The van der Waals surface area contributed by atoms with Crippen LogP contribution in [0.1, 0.15) is 96.3 Å². The number of carbonyl (C=O) groups is 1. The molecule has 3 aliphatic rings. The van der Waals surface area contributed by atoms with E-state index in [0.717, 1.165) is 0 Å². The van der Waals surface area contributed by atoms with E-state index in [-0.39, 0.29) is 11.3 Å². The number of hydrogen-bond donors (Lipinski definition) is 0. The summed E-state index contributed by atoms with van der Waals surface area (Å²) >= 11 is 0. The summed E-state index contributed by atoms with van der Waals surface area (Å²) in [6.07, 6.45) is 19.1. The highest BCUT2D eigenvalue weighted by Crippen LogP contribution is 2.56. The lowest BCUT2D eigenvalue weighted by molar-refractivity contribution is -0.147. The lowest BCUT2D eigenvalue weighted by Crippen LogP contribution is -2.52. The molecule has 0 bridgehead atoms. The molecule has 0 aromatic heterocycles. The number of carbonyl (C=O) groups excluding carboxylic acids is 1. The SMILES string of the molecule is [NH]C(=O)C(C1CCCCC1)(C1CCCCC1)C1CCCCC1. The van der Waals surface area contributed by atoms with Crippen LogP contribution in [0, 0.1) is 23.2 Å². The van der Waals surface area contributed by atoms with Crippen LogP contribution in [0.3, 0.4) is 0 Å². The van der Waals surface area contributed by atoms with Gasteiger partial charge in [0.25, 0.3) is 0 Å². The molecular formula is C20H34NO. The lowest BCUT2D eigenvalue weighted by Gasteiger charge is -2.52. The fraction of sp³-hybridized carbons (Fsp3) is 0.950. The summed E-state index contributed by atoms with van der Waals surface area (Å²) in [4.78, 5) is 12.8. The Bertz CT molecular complexity index is 314. The fourth-order valence-corrected chi connectivity index (χ4v) is 6.30. The third-order valence-electron chi connectivity index (χ3n) is 7.24. The summed E-state index contributed by atoms with van der Waals surface area (Å²) in [6.45, 7) is 0. The zero-order valence-electron chi connectivity index (χ0n) is 14.2. The maximum atomic E-state index is 12.8. The summed E-state index contributed by atoms with van der Waals surface area (Å²) < 4.78 is 0. The van der Waals surface area contributed by atoms with Gasteiger partial charge in [0, 0.05) is 0 Å². The van der Waals surface area contributed by atoms with Gasteiger partial charge < -0.3 is 0 Å². The van der Waals surface area contributed by atoms with Crippen LogP contribution in [0.4, 0.5) is 0 Å². The molecule has 0 aromatic rings. The molecule has 1 radical (unpaired) electrons. The molecule has 1 N–H and O–H groups in total. The minimum Gasteiger partial charge on any atom is -0.273 e. The fourth-order valence-electron chi connectivity index (χ4n) is 6.30. The van der Waals surface area contributed by atoms with Gasteiger partial charge in [0.15, 0.2) is 0 Å². The van der Waals surface area contributed by atoms with Crippen molar-refractivity contribution < 1.29 is 4.79 Å². The quantitative estimate of drug-likeness (QED) is 0.673. The van der Waals surface area contributed by atoms with Crippen LogP contribution >= 0.6 is 0 Å². The van der Waals surface area contributed by atoms with Crippen molar-refractivity contribution in [3.8, 4) is 0 Å². The molecule has 2 heteroatoms. The molecule has 3 rings (SSSR count). The molecule has 0 saturated heterocycles. The average Bonchev–Trinajstić information content (AvgIpc) is 2.58. The first-order valence-corrected chi connectivity index (χ1v) is 10.0. The second-order valence-electron chi connectivity index (χ2n) is 8.27. The summed E-state index contributed by atoms with van der Waals surface area (Å²) in [6, 6.07) is 0. The molecule has 1 amide bonds. The Morgan fingerprint density at radius 3 is 1.09 bits per heavy atom. The predicted molar refractivity (Wildman–Crippen MR) is 90.3 cm³/mol. The first-order valence-electron chi connectivity index (χ1n) is 10.0. The standard InChI is InChI=1S/C20H34NO/c21-19(22)20(16-10-4-1-5-11-16,17-12-6-2-7-13-17)18-14-8-3-9-15-18/h16-18,21H,1-15H2. The van der Waals surface area contributed by atoms with Gasteiger partial charge >= 0.3 is 0 Å². The van der Waals surface area contributed by atoms with Gasteiger partial charge in [0.05, 0.1) is 5.41 Å². The van der Waals surface area contributed by atoms with E-state index in [0.29, 0.717) is 17.8 Å². The first kappa shape index (κ1) is 16.3. The van der Waals surface area contributed by atoms with Gasteiger partial charge in [-0.25, -0.2) is 0 Å². The van der Waals surface area contributed by atoms with Crippen LogP contribution in [-0.4, -0.2) is 5.91 Å². The topological polar surface area (TPSA) is 40.9 Å². The number of nitrogens with one attached hydrogen (secondary N) is 1. The third kappa shape index (κ3) is 2.95. The molecule has 125 valence electrons. The van der Waals surface area contributed by atoms with E-state index in [4.69, 9.17) is 5.73 Å². The highest BCUT2D eigenvalue weighted by atomic mass is 16.1. The van der Waals surface area contributed by atoms with Crippen LogP contribution in [0.15, 0.2) is 0 Å².